The molecule has 0 spiro atoms. The van der Waals surface area contributed by atoms with E-state index in [4.69, 9.17) is 0 Å². The lowest BCUT2D eigenvalue weighted by Gasteiger charge is -2.28. The van der Waals surface area contributed by atoms with Crippen molar-refractivity contribution >= 4 is 27.8 Å². The van der Waals surface area contributed by atoms with Crippen LogP contribution in [0.25, 0.3) is 6.08 Å². The first-order valence-corrected chi connectivity index (χ1v) is 8.45. The van der Waals surface area contributed by atoms with Crippen molar-refractivity contribution in [2.24, 2.45) is 11.8 Å². The van der Waals surface area contributed by atoms with E-state index in [2.05, 4.69) is 29.4 Å². The molecule has 1 fully saturated rings. The van der Waals surface area contributed by atoms with Gasteiger partial charge in [0.1, 0.15) is 0 Å². The second-order valence-electron chi connectivity index (χ2n) is 6.26. The number of carbonyl (C=O) groups excluding carboxylic acids is 1. The van der Waals surface area contributed by atoms with Crippen LogP contribution in [-0.2, 0) is 4.79 Å². The van der Waals surface area contributed by atoms with Gasteiger partial charge in [-0.15, -0.1) is 0 Å². The number of rotatable bonds is 5. The quantitative estimate of drug-likeness (QED) is 0.486. The highest BCUT2D eigenvalue weighted by Gasteiger charge is 2.21. The molecule has 0 aliphatic heterocycles. The molecule has 2 unspecified atom stereocenters. The van der Waals surface area contributed by atoms with E-state index >= 15 is 0 Å². The Hall–Kier alpha value is -1.15. The third-order valence-corrected chi connectivity index (χ3v) is 4.61. The standard InChI is InChI=1S/C19H23BrO/c1-14-11-15(2)13-17(12-14)6-10-19(21)9-5-16-3-7-18(20)8-4-16/h3-5,7-9,15,17H,1,6,10-13H2,2H3/b9-5+. The highest BCUT2D eigenvalue weighted by Crippen LogP contribution is 2.34. The zero-order valence-corrected chi connectivity index (χ0v) is 14.2. The highest BCUT2D eigenvalue weighted by molar-refractivity contribution is 9.10. The first-order chi connectivity index (χ1) is 10.0. The van der Waals surface area contributed by atoms with E-state index in [9.17, 15) is 4.79 Å². The lowest BCUT2D eigenvalue weighted by molar-refractivity contribution is -0.114. The molecule has 1 saturated carbocycles. The number of hydrogen-bond acceptors (Lipinski definition) is 1. The van der Waals surface area contributed by atoms with Gasteiger partial charge >= 0.3 is 0 Å². The number of hydrogen-bond donors (Lipinski definition) is 0. The lowest BCUT2D eigenvalue weighted by atomic mass is 9.78. The van der Waals surface area contributed by atoms with Gasteiger partial charge in [0.15, 0.2) is 5.78 Å². The molecule has 0 radical (unpaired) electrons. The van der Waals surface area contributed by atoms with Gasteiger partial charge in [-0.25, -0.2) is 0 Å². The largest absolute Gasteiger partial charge is 0.295 e. The number of halogens is 1. The summed E-state index contributed by atoms with van der Waals surface area (Å²) < 4.78 is 1.05. The number of carbonyl (C=O) groups is 1. The van der Waals surface area contributed by atoms with Crippen LogP contribution >= 0.6 is 15.9 Å². The molecule has 1 aliphatic carbocycles. The predicted molar refractivity (Wildman–Crippen MR) is 93.1 cm³/mol. The summed E-state index contributed by atoms with van der Waals surface area (Å²) in [7, 11) is 0. The van der Waals surface area contributed by atoms with Gasteiger partial charge in [-0.2, -0.15) is 0 Å². The fraction of sp³-hybridized carbons (Fsp3) is 0.421. The monoisotopic (exact) mass is 346 g/mol. The Kier molecular flexibility index (Phi) is 5.98. The smallest absolute Gasteiger partial charge is 0.155 e. The minimum atomic E-state index is 0.224. The minimum absolute atomic E-state index is 0.224. The predicted octanol–water partition coefficient (Wildman–Crippen LogP) is 5.80. The number of benzene rings is 1. The van der Waals surface area contributed by atoms with Gasteiger partial charge in [0.05, 0.1) is 0 Å². The van der Waals surface area contributed by atoms with Crippen molar-refractivity contribution in [2.45, 2.75) is 39.0 Å². The van der Waals surface area contributed by atoms with E-state index in [1.165, 1.54) is 12.0 Å². The third-order valence-electron chi connectivity index (χ3n) is 4.08. The van der Waals surface area contributed by atoms with E-state index < -0.39 is 0 Å². The number of ketones is 1. The molecule has 0 aromatic heterocycles. The molecule has 0 bridgehead atoms. The van der Waals surface area contributed by atoms with Gasteiger partial charge < -0.3 is 0 Å². The summed E-state index contributed by atoms with van der Waals surface area (Å²) >= 11 is 3.41. The molecule has 2 atom stereocenters. The van der Waals surface area contributed by atoms with Crippen molar-refractivity contribution < 1.29 is 4.79 Å². The molecule has 112 valence electrons. The Balaban J connectivity index is 1.79. The van der Waals surface area contributed by atoms with Crippen molar-refractivity contribution in [3.8, 4) is 0 Å². The maximum Gasteiger partial charge on any atom is 0.155 e. The summed E-state index contributed by atoms with van der Waals surface area (Å²) in [5.74, 6) is 1.60. The Morgan fingerprint density at radius 1 is 1.33 bits per heavy atom. The molecule has 0 saturated heterocycles. The second-order valence-corrected chi connectivity index (χ2v) is 7.17. The van der Waals surface area contributed by atoms with Crippen molar-refractivity contribution in [3.05, 3.63) is 52.5 Å². The fourth-order valence-electron chi connectivity index (χ4n) is 3.13. The van der Waals surface area contributed by atoms with E-state index in [0.29, 0.717) is 12.3 Å². The molecule has 0 amide bonds. The Morgan fingerprint density at radius 2 is 2.05 bits per heavy atom. The molecule has 1 nitrogen and oxygen atoms in total. The van der Waals surface area contributed by atoms with Gasteiger partial charge in [0.2, 0.25) is 0 Å². The molecule has 2 heteroatoms. The zero-order valence-electron chi connectivity index (χ0n) is 12.6. The summed E-state index contributed by atoms with van der Waals surface area (Å²) in [6.45, 7) is 6.41. The Bertz CT molecular complexity index is 527. The van der Waals surface area contributed by atoms with Gasteiger partial charge in [0, 0.05) is 10.9 Å². The molecule has 21 heavy (non-hydrogen) atoms. The van der Waals surface area contributed by atoms with E-state index in [1.807, 2.05) is 30.3 Å². The summed E-state index contributed by atoms with van der Waals surface area (Å²) in [6.07, 6.45) is 8.76. The van der Waals surface area contributed by atoms with Crippen LogP contribution in [0.15, 0.2) is 47.0 Å². The zero-order chi connectivity index (χ0) is 15.2. The van der Waals surface area contributed by atoms with Gasteiger partial charge in [-0.05, 0) is 61.3 Å². The van der Waals surface area contributed by atoms with Crippen LogP contribution in [0.3, 0.4) is 0 Å². The second kappa shape index (κ2) is 7.74. The summed E-state index contributed by atoms with van der Waals surface area (Å²) in [5, 5.41) is 0. The minimum Gasteiger partial charge on any atom is -0.295 e. The van der Waals surface area contributed by atoms with E-state index in [0.717, 1.165) is 35.2 Å². The van der Waals surface area contributed by atoms with Crippen LogP contribution < -0.4 is 0 Å². The van der Waals surface area contributed by atoms with Crippen LogP contribution in [0, 0.1) is 11.8 Å². The first-order valence-electron chi connectivity index (χ1n) is 7.66. The van der Waals surface area contributed by atoms with Gasteiger partial charge in [-0.1, -0.05) is 53.2 Å². The van der Waals surface area contributed by atoms with Crippen LogP contribution in [0.5, 0.6) is 0 Å². The molecule has 0 heterocycles. The fourth-order valence-corrected chi connectivity index (χ4v) is 3.40. The van der Waals surface area contributed by atoms with Crippen LogP contribution in [0.1, 0.15) is 44.6 Å². The van der Waals surface area contributed by atoms with Crippen molar-refractivity contribution in [2.75, 3.05) is 0 Å². The molecule has 0 N–H and O–H groups in total. The van der Waals surface area contributed by atoms with Gasteiger partial charge in [-0.3, -0.25) is 4.79 Å². The maximum absolute atomic E-state index is 12.0. The summed E-state index contributed by atoms with van der Waals surface area (Å²) in [5.41, 5.74) is 2.42. The third kappa shape index (κ3) is 5.62. The molecule has 2 rings (SSSR count). The molecular weight excluding hydrogens is 324 g/mol. The van der Waals surface area contributed by atoms with Gasteiger partial charge in [0.25, 0.3) is 0 Å². The lowest BCUT2D eigenvalue weighted by Crippen LogP contribution is -2.15. The summed E-state index contributed by atoms with van der Waals surface area (Å²) in [4.78, 5) is 12.0. The summed E-state index contributed by atoms with van der Waals surface area (Å²) in [6, 6.07) is 7.97. The van der Waals surface area contributed by atoms with Crippen LogP contribution in [0.2, 0.25) is 0 Å². The Morgan fingerprint density at radius 3 is 2.71 bits per heavy atom. The van der Waals surface area contributed by atoms with Crippen LogP contribution in [0.4, 0.5) is 0 Å². The van der Waals surface area contributed by atoms with Crippen molar-refractivity contribution in [1.29, 1.82) is 0 Å². The molecule has 1 aromatic rings. The van der Waals surface area contributed by atoms with Crippen molar-refractivity contribution in [3.63, 3.8) is 0 Å². The molecule has 1 aromatic carbocycles. The SMILES string of the molecule is C=C1CC(C)CC(CCC(=O)/C=C/c2ccc(Br)cc2)C1. The topological polar surface area (TPSA) is 17.1 Å². The normalized spacial score (nSPS) is 22.7. The van der Waals surface area contributed by atoms with E-state index in [-0.39, 0.29) is 5.78 Å². The average Bonchev–Trinajstić information content (AvgIpc) is 2.43. The first kappa shape index (κ1) is 16.2. The van der Waals surface area contributed by atoms with E-state index in [1.54, 1.807) is 6.08 Å². The maximum atomic E-state index is 12.0. The van der Waals surface area contributed by atoms with Crippen LogP contribution in [-0.4, -0.2) is 5.78 Å². The molecule has 1 aliphatic rings. The van der Waals surface area contributed by atoms with Crippen molar-refractivity contribution in [1.82, 2.24) is 0 Å². The number of allylic oxidation sites excluding steroid dienone is 2. The average molecular weight is 347 g/mol. The molecular formula is C19H23BrO. The highest BCUT2D eigenvalue weighted by atomic mass is 79.9. The Labute approximate surface area is 136 Å².